The molecule has 1 amide bonds. The van der Waals surface area contributed by atoms with Gasteiger partial charge in [-0.15, -0.1) is 0 Å². The molecule has 0 bridgehead atoms. The van der Waals surface area contributed by atoms with Crippen LogP contribution in [0.1, 0.15) is 25.6 Å². The number of benzene rings is 1. The first-order valence-corrected chi connectivity index (χ1v) is 7.22. The number of carbonyl (C=O) groups excluding carboxylic acids is 1. The molecule has 0 aliphatic carbocycles. The molecule has 1 aromatic rings. The summed E-state index contributed by atoms with van der Waals surface area (Å²) >= 11 is 0. The summed E-state index contributed by atoms with van der Waals surface area (Å²) < 4.78 is 14.0. The van der Waals surface area contributed by atoms with Gasteiger partial charge in [-0.1, -0.05) is 32.0 Å². The summed E-state index contributed by atoms with van der Waals surface area (Å²) in [6.45, 7) is 5.96. The second-order valence-electron chi connectivity index (χ2n) is 6.73. The average molecular weight is 293 g/mol. The number of hydrogen-bond donors (Lipinski definition) is 1. The van der Waals surface area contributed by atoms with Crippen molar-refractivity contribution in [1.29, 1.82) is 0 Å². The van der Waals surface area contributed by atoms with Gasteiger partial charge in [-0.3, -0.25) is 10.1 Å². The number of nitrogens with one attached hydrogen (secondary N) is 1. The van der Waals surface area contributed by atoms with E-state index in [-0.39, 0.29) is 29.8 Å². The summed E-state index contributed by atoms with van der Waals surface area (Å²) in [5, 5.41) is 3.11. The molecule has 0 saturated carbocycles. The molecule has 1 atom stereocenters. The van der Waals surface area contributed by atoms with Crippen molar-refractivity contribution in [1.82, 2.24) is 15.1 Å². The summed E-state index contributed by atoms with van der Waals surface area (Å²) in [6.07, 6.45) is -0.375. The highest BCUT2D eigenvalue weighted by Crippen LogP contribution is 2.29. The Hall–Kier alpha value is -1.46. The van der Waals surface area contributed by atoms with Crippen molar-refractivity contribution in [3.05, 3.63) is 35.6 Å². The molecule has 21 heavy (non-hydrogen) atoms. The molecule has 1 unspecified atom stereocenters. The quantitative estimate of drug-likeness (QED) is 0.900. The van der Waals surface area contributed by atoms with Gasteiger partial charge in [0.1, 0.15) is 12.0 Å². The lowest BCUT2D eigenvalue weighted by Gasteiger charge is -2.35. The minimum atomic E-state index is -0.375. The standard InChI is InChI=1S/C16H24FN3O/c1-16(2,10-19(3)4)11-20-14(21)9-18-15(20)12-7-5-6-8-13(12)17/h5-8,15,18H,9-11H2,1-4H3. The van der Waals surface area contributed by atoms with Gasteiger partial charge in [0, 0.05) is 18.7 Å². The third-order valence-corrected chi connectivity index (χ3v) is 3.62. The molecule has 1 saturated heterocycles. The largest absolute Gasteiger partial charge is 0.321 e. The topological polar surface area (TPSA) is 35.6 Å². The van der Waals surface area contributed by atoms with Gasteiger partial charge in [0.25, 0.3) is 0 Å². The Kier molecular flexibility index (Phi) is 4.64. The van der Waals surface area contributed by atoms with Crippen molar-refractivity contribution in [2.24, 2.45) is 5.41 Å². The number of amides is 1. The van der Waals surface area contributed by atoms with Gasteiger partial charge in [0.2, 0.25) is 5.91 Å². The molecule has 2 rings (SSSR count). The zero-order valence-electron chi connectivity index (χ0n) is 13.2. The van der Waals surface area contributed by atoms with E-state index in [0.29, 0.717) is 12.1 Å². The predicted molar refractivity (Wildman–Crippen MR) is 81.2 cm³/mol. The van der Waals surface area contributed by atoms with Gasteiger partial charge >= 0.3 is 0 Å². The summed E-state index contributed by atoms with van der Waals surface area (Å²) in [6, 6.07) is 6.63. The Balaban J connectivity index is 2.20. The molecule has 0 radical (unpaired) electrons. The molecule has 0 aromatic heterocycles. The zero-order valence-corrected chi connectivity index (χ0v) is 13.2. The maximum absolute atomic E-state index is 14.0. The molecular weight excluding hydrogens is 269 g/mol. The van der Waals surface area contributed by atoms with Crippen LogP contribution in [-0.4, -0.2) is 49.4 Å². The fourth-order valence-corrected chi connectivity index (χ4v) is 3.06. The van der Waals surface area contributed by atoms with Crippen molar-refractivity contribution < 1.29 is 9.18 Å². The van der Waals surface area contributed by atoms with Crippen LogP contribution in [0, 0.1) is 11.2 Å². The van der Waals surface area contributed by atoms with Gasteiger partial charge in [0.05, 0.1) is 6.54 Å². The van der Waals surface area contributed by atoms with Crippen molar-refractivity contribution >= 4 is 5.91 Å². The summed E-state index contributed by atoms with van der Waals surface area (Å²) in [5.74, 6) is -0.254. The number of carbonyl (C=O) groups is 1. The predicted octanol–water partition coefficient (Wildman–Crippen LogP) is 1.84. The summed E-state index contributed by atoms with van der Waals surface area (Å²) in [5.41, 5.74) is 0.471. The van der Waals surface area contributed by atoms with Crippen molar-refractivity contribution in [3.63, 3.8) is 0 Å². The minimum absolute atomic E-state index is 0.0232. The van der Waals surface area contributed by atoms with E-state index in [4.69, 9.17) is 0 Å². The van der Waals surface area contributed by atoms with Crippen LogP contribution < -0.4 is 5.32 Å². The van der Waals surface area contributed by atoms with E-state index in [1.807, 2.05) is 14.1 Å². The van der Waals surface area contributed by atoms with E-state index in [1.54, 1.807) is 23.1 Å². The van der Waals surface area contributed by atoms with Crippen LogP contribution in [0.25, 0.3) is 0 Å². The van der Waals surface area contributed by atoms with E-state index in [2.05, 4.69) is 24.1 Å². The highest BCUT2D eigenvalue weighted by Gasteiger charge is 2.36. The summed E-state index contributed by atoms with van der Waals surface area (Å²) in [4.78, 5) is 16.0. The third kappa shape index (κ3) is 3.80. The smallest absolute Gasteiger partial charge is 0.238 e. The van der Waals surface area contributed by atoms with Crippen LogP contribution >= 0.6 is 0 Å². The monoisotopic (exact) mass is 293 g/mol. The molecule has 1 aromatic carbocycles. The average Bonchev–Trinajstić information content (AvgIpc) is 2.69. The second kappa shape index (κ2) is 6.12. The molecule has 116 valence electrons. The maximum Gasteiger partial charge on any atom is 0.238 e. The zero-order chi connectivity index (χ0) is 15.6. The van der Waals surface area contributed by atoms with Gasteiger partial charge in [-0.25, -0.2) is 4.39 Å². The Morgan fingerprint density at radius 2 is 2.05 bits per heavy atom. The van der Waals surface area contributed by atoms with Crippen molar-refractivity contribution in [2.75, 3.05) is 33.7 Å². The third-order valence-electron chi connectivity index (χ3n) is 3.62. The molecule has 1 aliphatic heterocycles. The van der Waals surface area contributed by atoms with Crippen LogP contribution in [0.15, 0.2) is 24.3 Å². The van der Waals surface area contributed by atoms with E-state index in [0.717, 1.165) is 6.54 Å². The molecular formula is C16H24FN3O. The van der Waals surface area contributed by atoms with Crippen molar-refractivity contribution in [2.45, 2.75) is 20.0 Å². The second-order valence-corrected chi connectivity index (χ2v) is 6.73. The number of rotatable bonds is 5. The Labute approximate surface area is 125 Å². The van der Waals surface area contributed by atoms with Gasteiger partial charge in [-0.2, -0.15) is 0 Å². The van der Waals surface area contributed by atoms with E-state index < -0.39 is 0 Å². The molecule has 1 fully saturated rings. The minimum Gasteiger partial charge on any atom is -0.321 e. The fourth-order valence-electron chi connectivity index (χ4n) is 3.06. The molecule has 5 heteroatoms. The van der Waals surface area contributed by atoms with E-state index in [9.17, 15) is 9.18 Å². The first-order chi connectivity index (χ1) is 9.80. The first-order valence-electron chi connectivity index (χ1n) is 7.22. The van der Waals surface area contributed by atoms with Crippen LogP contribution in [0.5, 0.6) is 0 Å². The number of nitrogens with zero attached hydrogens (tertiary/aromatic N) is 2. The van der Waals surface area contributed by atoms with Gasteiger partial charge < -0.3 is 9.80 Å². The normalized spacial score (nSPS) is 19.6. The van der Waals surface area contributed by atoms with Gasteiger partial charge in [0.15, 0.2) is 0 Å². The first kappa shape index (κ1) is 15.9. The lowest BCUT2D eigenvalue weighted by molar-refractivity contribution is -0.129. The highest BCUT2D eigenvalue weighted by molar-refractivity contribution is 5.81. The van der Waals surface area contributed by atoms with E-state index in [1.165, 1.54) is 6.07 Å². The molecule has 1 heterocycles. The molecule has 4 nitrogen and oxygen atoms in total. The SMILES string of the molecule is CN(C)CC(C)(C)CN1C(=O)CNC1c1ccccc1F. The Morgan fingerprint density at radius 3 is 2.67 bits per heavy atom. The number of halogens is 1. The number of hydrogen-bond acceptors (Lipinski definition) is 3. The molecule has 1 N–H and O–H groups in total. The van der Waals surface area contributed by atoms with Crippen LogP contribution in [0.4, 0.5) is 4.39 Å². The van der Waals surface area contributed by atoms with Crippen molar-refractivity contribution in [3.8, 4) is 0 Å². The Bertz CT molecular complexity index is 516. The Morgan fingerprint density at radius 1 is 1.38 bits per heavy atom. The maximum atomic E-state index is 14.0. The fraction of sp³-hybridized carbons (Fsp3) is 0.562. The molecule has 0 spiro atoms. The lowest BCUT2D eigenvalue weighted by Crippen LogP contribution is -2.42. The van der Waals surface area contributed by atoms with Crippen LogP contribution in [-0.2, 0) is 4.79 Å². The molecule has 1 aliphatic rings. The lowest BCUT2D eigenvalue weighted by atomic mass is 9.91. The van der Waals surface area contributed by atoms with Crippen LogP contribution in [0.2, 0.25) is 0 Å². The highest BCUT2D eigenvalue weighted by atomic mass is 19.1. The van der Waals surface area contributed by atoms with Crippen LogP contribution in [0.3, 0.4) is 0 Å². The van der Waals surface area contributed by atoms with Gasteiger partial charge in [-0.05, 0) is 25.6 Å². The summed E-state index contributed by atoms with van der Waals surface area (Å²) in [7, 11) is 4.03. The van der Waals surface area contributed by atoms with E-state index >= 15 is 0 Å².